The molecule has 1 aromatic carbocycles. The molecule has 128 valence electrons. The Morgan fingerprint density at radius 2 is 1.88 bits per heavy atom. The second-order valence-electron chi connectivity index (χ2n) is 5.55. The van der Waals surface area contributed by atoms with Crippen LogP contribution >= 0.6 is 11.6 Å². The number of halogens is 1. The monoisotopic (exact) mass is 357 g/mol. The molecule has 0 bridgehead atoms. The van der Waals surface area contributed by atoms with E-state index in [1.165, 1.54) is 0 Å². The van der Waals surface area contributed by atoms with E-state index in [1.807, 2.05) is 30.3 Å². The maximum Gasteiger partial charge on any atom is 0.230 e. The molecule has 0 unspecified atom stereocenters. The van der Waals surface area contributed by atoms with Gasteiger partial charge in [-0.1, -0.05) is 28.9 Å². The van der Waals surface area contributed by atoms with Crippen LogP contribution in [-0.4, -0.2) is 41.4 Å². The van der Waals surface area contributed by atoms with Crippen LogP contribution in [0.4, 0.5) is 17.7 Å². The highest BCUT2D eigenvalue weighted by Crippen LogP contribution is 2.25. The molecule has 0 aliphatic carbocycles. The van der Waals surface area contributed by atoms with E-state index in [-0.39, 0.29) is 0 Å². The average molecular weight is 358 g/mol. The first kappa shape index (κ1) is 15.9. The summed E-state index contributed by atoms with van der Waals surface area (Å²) in [4.78, 5) is 10.9. The molecule has 1 fully saturated rings. The Balaban J connectivity index is 1.50. The first-order chi connectivity index (χ1) is 12.3. The van der Waals surface area contributed by atoms with Gasteiger partial charge in [-0.25, -0.2) is 4.98 Å². The number of anilines is 3. The van der Waals surface area contributed by atoms with Crippen molar-refractivity contribution >= 4 is 29.3 Å². The molecule has 7 nitrogen and oxygen atoms in total. The van der Waals surface area contributed by atoms with Crippen LogP contribution in [0.1, 0.15) is 0 Å². The lowest BCUT2D eigenvalue weighted by atomic mass is 10.1. The second-order valence-corrected chi connectivity index (χ2v) is 5.99. The second kappa shape index (κ2) is 7.08. The zero-order valence-electron chi connectivity index (χ0n) is 13.4. The summed E-state index contributed by atoms with van der Waals surface area (Å²) >= 11 is 5.91. The lowest BCUT2D eigenvalue weighted by Crippen LogP contribution is -2.37. The van der Waals surface area contributed by atoms with Crippen molar-refractivity contribution in [2.45, 2.75) is 0 Å². The van der Waals surface area contributed by atoms with Crippen molar-refractivity contribution in [1.29, 1.82) is 0 Å². The van der Waals surface area contributed by atoms with Crippen molar-refractivity contribution in [1.82, 2.24) is 15.1 Å². The highest BCUT2D eigenvalue weighted by molar-refractivity contribution is 6.30. The molecule has 3 aromatic rings. The van der Waals surface area contributed by atoms with Gasteiger partial charge in [0.1, 0.15) is 11.5 Å². The molecule has 8 heteroatoms. The summed E-state index contributed by atoms with van der Waals surface area (Å²) in [6.45, 7) is 2.94. The molecule has 25 heavy (non-hydrogen) atoms. The molecule has 1 aliphatic rings. The number of hydrogen-bond acceptors (Lipinski definition) is 7. The van der Waals surface area contributed by atoms with Crippen LogP contribution in [0.25, 0.3) is 11.3 Å². The van der Waals surface area contributed by atoms with Gasteiger partial charge in [0.15, 0.2) is 0 Å². The van der Waals surface area contributed by atoms with Crippen LogP contribution in [-0.2, 0) is 4.74 Å². The minimum absolute atomic E-state index is 0.511. The summed E-state index contributed by atoms with van der Waals surface area (Å²) in [6, 6.07) is 11.0. The maximum atomic E-state index is 5.91. The number of morpholine rings is 1. The van der Waals surface area contributed by atoms with Crippen LogP contribution < -0.4 is 10.2 Å². The topological polar surface area (TPSA) is 76.3 Å². The van der Waals surface area contributed by atoms with Crippen LogP contribution in [0.5, 0.6) is 0 Å². The smallest absolute Gasteiger partial charge is 0.230 e. The Bertz CT molecular complexity index is 846. The Kier molecular flexibility index (Phi) is 4.49. The van der Waals surface area contributed by atoms with E-state index in [1.54, 1.807) is 12.3 Å². The minimum Gasteiger partial charge on any atom is -0.378 e. The molecule has 4 rings (SSSR count). The fourth-order valence-electron chi connectivity index (χ4n) is 2.55. The van der Waals surface area contributed by atoms with Crippen molar-refractivity contribution in [3.05, 3.63) is 47.6 Å². The summed E-state index contributed by atoms with van der Waals surface area (Å²) in [5, 5.41) is 7.88. The molecule has 0 spiro atoms. The number of hydrogen-bond donors (Lipinski definition) is 1. The van der Waals surface area contributed by atoms with E-state index in [4.69, 9.17) is 20.9 Å². The predicted molar refractivity (Wildman–Crippen MR) is 95.3 cm³/mol. The zero-order valence-corrected chi connectivity index (χ0v) is 14.1. The highest BCUT2D eigenvalue weighted by Gasteiger charge is 2.14. The average Bonchev–Trinajstić information content (AvgIpc) is 3.12. The van der Waals surface area contributed by atoms with Gasteiger partial charge in [0.05, 0.1) is 13.2 Å². The fourth-order valence-corrected chi connectivity index (χ4v) is 2.68. The largest absolute Gasteiger partial charge is 0.378 e. The van der Waals surface area contributed by atoms with Gasteiger partial charge >= 0.3 is 0 Å². The van der Waals surface area contributed by atoms with Crippen LogP contribution in [0.15, 0.2) is 47.1 Å². The van der Waals surface area contributed by atoms with Gasteiger partial charge in [-0.15, -0.1) is 0 Å². The number of nitrogens with zero attached hydrogens (tertiary/aromatic N) is 4. The highest BCUT2D eigenvalue weighted by atomic mass is 35.5. The molecule has 0 atom stereocenters. The molecule has 1 aliphatic heterocycles. The molecular weight excluding hydrogens is 342 g/mol. The Labute approximate surface area is 149 Å². The minimum atomic E-state index is 0.511. The van der Waals surface area contributed by atoms with E-state index in [9.17, 15) is 0 Å². The van der Waals surface area contributed by atoms with Gasteiger partial charge in [0.2, 0.25) is 11.8 Å². The number of ether oxygens (including phenoxy) is 1. The van der Waals surface area contributed by atoms with Gasteiger partial charge < -0.3 is 19.5 Å². The van der Waals surface area contributed by atoms with E-state index >= 15 is 0 Å². The van der Waals surface area contributed by atoms with Crippen LogP contribution in [0.3, 0.4) is 0 Å². The van der Waals surface area contributed by atoms with Gasteiger partial charge in [0.25, 0.3) is 0 Å². The molecule has 0 amide bonds. The van der Waals surface area contributed by atoms with Crippen molar-refractivity contribution < 1.29 is 9.26 Å². The summed E-state index contributed by atoms with van der Waals surface area (Å²) in [6.07, 6.45) is 1.72. The third kappa shape index (κ3) is 3.72. The molecule has 3 heterocycles. The predicted octanol–water partition coefficient (Wildman–Crippen LogP) is 3.37. The first-order valence-electron chi connectivity index (χ1n) is 7.93. The Morgan fingerprint density at radius 1 is 1.08 bits per heavy atom. The number of benzene rings is 1. The normalized spacial score (nSPS) is 14.5. The molecule has 2 aromatic heterocycles. The van der Waals surface area contributed by atoms with Gasteiger partial charge in [0, 0.05) is 35.9 Å². The summed E-state index contributed by atoms with van der Waals surface area (Å²) in [5.74, 6) is 1.83. The van der Waals surface area contributed by atoms with E-state index < -0.39 is 0 Å². The van der Waals surface area contributed by atoms with Crippen molar-refractivity contribution in [3.8, 4) is 11.3 Å². The number of aromatic nitrogens is 3. The van der Waals surface area contributed by atoms with E-state index in [0.29, 0.717) is 35.9 Å². The Morgan fingerprint density at radius 3 is 2.68 bits per heavy atom. The number of nitrogens with one attached hydrogen (secondary N) is 1. The molecule has 0 saturated carbocycles. The van der Waals surface area contributed by atoms with Crippen LogP contribution in [0.2, 0.25) is 5.02 Å². The molecule has 0 radical (unpaired) electrons. The lowest BCUT2D eigenvalue weighted by Gasteiger charge is -2.26. The van der Waals surface area contributed by atoms with Crippen LogP contribution in [0, 0.1) is 0 Å². The third-order valence-corrected chi connectivity index (χ3v) is 4.09. The standard InChI is InChI=1S/C17H16ClN5O2/c18-13-3-1-12(2-4-13)14-11-16(25-22-14)20-15-5-6-19-17(21-15)23-7-9-24-10-8-23/h1-6,11H,7-10H2,(H,19,20,21). The lowest BCUT2D eigenvalue weighted by molar-refractivity contribution is 0.122. The quantitative estimate of drug-likeness (QED) is 0.767. The van der Waals surface area contributed by atoms with E-state index in [0.717, 1.165) is 24.3 Å². The number of rotatable bonds is 4. The van der Waals surface area contributed by atoms with Crippen molar-refractivity contribution in [2.24, 2.45) is 0 Å². The summed E-state index contributed by atoms with van der Waals surface area (Å²) < 4.78 is 10.7. The first-order valence-corrected chi connectivity index (χ1v) is 8.31. The van der Waals surface area contributed by atoms with Gasteiger partial charge in [-0.3, -0.25) is 0 Å². The summed E-state index contributed by atoms with van der Waals surface area (Å²) in [7, 11) is 0. The molecule has 1 N–H and O–H groups in total. The van der Waals surface area contributed by atoms with Gasteiger partial charge in [-0.05, 0) is 18.2 Å². The van der Waals surface area contributed by atoms with Crippen molar-refractivity contribution in [2.75, 3.05) is 36.5 Å². The van der Waals surface area contributed by atoms with E-state index in [2.05, 4.69) is 25.3 Å². The zero-order chi connectivity index (χ0) is 17.1. The van der Waals surface area contributed by atoms with Gasteiger partial charge in [-0.2, -0.15) is 4.98 Å². The third-order valence-electron chi connectivity index (χ3n) is 3.84. The van der Waals surface area contributed by atoms with Crippen molar-refractivity contribution in [3.63, 3.8) is 0 Å². The Hall–Kier alpha value is -2.64. The SMILES string of the molecule is Clc1ccc(-c2cc(Nc3ccnc(N4CCOCC4)n3)on2)cc1. The summed E-state index contributed by atoms with van der Waals surface area (Å²) in [5.41, 5.74) is 1.65. The maximum absolute atomic E-state index is 5.91. The fraction of sp³-hybridized carbons (Fsp3) is 0.235. The molecular formula is C17H16ClN5O2. The molecule has 1 saturated heterocycles.